The molecule has 7 heteroatoms. The van der Waals surface area contributed by atoms with Gasteiger partial charge in [0.1, 0.15) is 6.54 Å². The van der Waals surface area contributed by atoms with Crippen LogP contribution in [0.25, 0.3) is 10.9 Å². The number of aromatic nitrogens is 2. The van der Waals surface area contributed by atoms with E-state index in [9.17, 15) is 9.59 Å². The number of hydrogen-bond acceptors (Lipinski definition) is 5. The van der Waals surface area contributed by atoms with Crippen LogP contribution in [-0.4, -0.2) is 59.0 Å². The summed E-state index contributed by atoms with van der Waals surface area (Å²) in [6.07, 6.45) is 7.20. The zero-order chi connectivity index (χ0) is 19.4. The summed E-state index contributed by atoms with van der Waals surface area (Å²) in [5.41, 5.74) is 0.600. The van der Waals surface area contributed by atoms with Gasteiger partial charge in [0.15, 0.2) is 0 Å². The van der Waals surface area contributed by atoms with E-state index in [4.69, 9.17) is 4.74 Å². The average Bonchev–Trinajstić information content (AvgIpc) is 2.76. The van der Waals surface area contributed by atoms with E-state index in [2.05, 4.69) is 15.3 Å². The molecule has 2 aromatic rings. The van der Waals surface area contributed by atoms with E-state index in [0.717, 1.165) is 39.1 Å². The Morgan fingerprint density at radius 3 is 2.68 bits per heavy atom. The Bertz CT molecular complexity index is 883. The van der Waals surface area contributed by atoms with Gasteiger partial charge in [-0.15, -0.1) is 0 Å². The monoisotopic (exact) mass is 384 g/mol. The number of rotatable bonds is 5. The minimum atomic E-state index is -0.124. The Kier molecular flexibility index (Phi) is 5.73. The number of nitrogens with one attached hydrogen (secondary N) is 1. The van der Waals surface area contributed by atoms with E-state index in [1.165, 1.54) is 25.5 Å². The average molecular weight is 384 g/mol. The molecule has 1 amide bonds. The number of hydrogen-bond donors (Lipinski definition) is 1. The Morgan fingerprint density at radius 2 is 1.89 bits per heavy atom. The largest absolute Gasteiger partial charge is 0.379 e. The Balaban J connectivity index is 1.46. The second kappa shape index (κ2) is 8.41. The van der Waals surface area contributed by atoms with Gasteiger partial charge in [0, 0.05) is 30.6 Å². The van der Waals surface area contributed by atoms with Crippen LogP contribution in [0, 0.1) is 0 Å². The second-order valence-electron chi connectivity index (χ2n) is 7.84. The number of carbonyl (C=O) groups is 1. The van der Waals surface area contributed by atoms with Gasteiger partial charge in [0.25, 0.3) is 0 Å². The third kappa shape index (κ3) is 3.95. The van der Waals surface area contributed by atoms with E-state index >= 15 is 0 Å². The predicted octanol–water partition coefficient (Wildman–Crippen LogP) is 1.55. The summed E-state index contributed by atoms with van der Waals surface area (Å²) in [6.45, 7) is 4.17. The molecule has 7 nitrogen and oxygen atoms in total. The van der Waals surface area contributed by atoms with Gasteiger partial charge in [-0.1, -0.05) is 31.4 Å². The molecule has 28 heavy (non-hydrogen) atoms. The molecule has 1 saturated heterocycles. The highest BCUT2D eigenvalue weighted by Crippen LogP contribution is 2.33. The molecule has 0 radical (unpaired) electrons. The molecular weight excluding hydrogens is 356 g/mol. The lowest BCUT2D eigenvalue weighted by Crippen LogP contribution is -2.59. The molecule has 150 valence electrons. The maximum absolute atomic E-state index is 12.7. The maximum Gasteiger partial charge on any atom is 0.241 e. The fourth-order valence-electron chi connectivity index (χ4n) is 4.59. The summed E-state index contributed by atoms with van der Waals surface area (Å²) in [6, 6.07) is 7.27. The normalized spacial score (nSPS) is 20.1. The summed E-state index contributed by atoms with van der Waals surface area (Å²) >= 11 is 0. The molecule has 1 aromatic heterocycles. The topological polar surface area (TPSA) is 76.5 Å². The van der Waals surface area contributed by atoms with E-state index in [-0.39, 0.29) is 23.4 Å². The van der Waals surface area contributed by atoms with Crippen molar-refractivity contribution < 1.29 is 9.53 Å². The summed E-state index contributed by atoms with van der Waals surface area (Å²) in [7, 11) is 0. The number of amides is 1. The molecule has 0 spiro atoms. The summed E-state index contributed by atoms with van der Waals surface area (Å²) in [4.78, 5) is 27.2. The zero-order valence-electron chi connectivity index (χ0n) is 16.2. The maximum atomic E-state index is 12.7. The highest BCUT2D eigenvalue weighted by molar-refractivity contribution is 5.81. The minimum absolute atomic E-state index is 0.0384. The van der Waals surface area contributed by atoms with Crippen molar-refractivity contribution in [1.29, 1.82) is 0 Å². The van der Waals surface area contributed by atoms with Crippen molar-refractivity contribution in [1.82, 2.24) is 20.0 Å². The zero-order valence-corrected chi connectivity index (χ0v) is 16.2. The van der Waals surface area contributed by atoms with Gasteiger partial charge in [0.2, 0.25) is 11.3 Å². The van der Waals surface area contributed by atoms with E-state index in [1.54, 1.807) is 10.7 Å². The molecule has 4 rings (SSSR count). The molecule has 1 aliphatic heterocycles. The lowest BCUT2D eigenvalue weighted by Gasteiger charge is -2.48. The van der Waals surface area contributed by atoms with E-state index < -0.39 is 0 Å². The first-order chi connectivity index (χ1) is 13.7. The first-order valence-corrected chi connectivity index (χ1v) is 10.2. The second-order valence-corrected chi connectivity index (χ2v) is 7.84. The van der Waals surface area contributed by atoms with Crippen molar-refractivity contribution in [2.45, 2.75) is 44.2 Å². The SMILES string of the molecule is O=C(Cn1ncc(=O)c2ccccc21)NCC1(N2CCOCC2)CCCCC1. The standard InChI is InChI=1S/C21H28N4O3/c26-19-14-23-25(18-7-3-2-6-17(18)19)15-20(27)22-16-21(8-4-1-5-9-21)24-10-12-28-13-11-24/h2-3,6-7,14H,1,4-5,8-13,15-16H2,(H,22,27). The van der Waals surface area contributed by atoms with E-state index in [0.29, 0.717) is 17.4 Å². The Morgan fingerprint density at radius 1 is 1.14 bits per heavy atom. The molecule has 1 aromatic carbocycles. The number of fused-ring (bicyclic) bond motifs is 1. The van der Waals surface area contributed by atoms with Crippen molar-refractivity contribution in [3.8, 4) is 0 Å². The van der Waals surface area contributed by atoms with Crippen molar-refractivity contribution in [3.63, 3.8) is 0 Å². The number of carbonyl (C=O) groups excluding carboxylic acids is 1. The summed E-state index contributed by atoms with van der Waals surface area (Å²) < 4.78 is 7.13. The molecule has 2 fully saturated rings. The third-order valence-electron chi connectivity index (χ3n) is 6.14. The molecule has 0 bridgehead atoms. The lowest BCUT2D eigenvalue weighted by atomic mass is 9.79. The van der Waals surface area contributed by atoms with Crippen LogP contribution in [0.2, 0.25) is 0 Å². The van der Waals surface area contributed by atoms with Gasteiger partial charge < -0.3 is 10.1 Å². The molecule has 2 heterocycles. The molecule has 0 atom stereocenters. The molecule has 0 unspecified atom stereocenters. The van der Waals surface area contributed by atoms with Crippen molar-refractivity contribution in [2.24, 2.45) is 0 Å². The van der Waals surface area contributed by atoms with Crippen molar-refractivity contribution in [2.75, 3.05) is 32.8 Å². The molecule has 2 aliphatic rings. The number of morpholine rings is 1. The lowest BCUT2D eigenvalue weighted by molar-refractivity contribution is -0.123. The molecular formula is C21H28N4O3. The molecule has 1 N–H and O–H groups in total. The summed E-state index contributed by atoms with van der Waals surface area (Å²) in [5.74, 6) is -0.0699. The summed E-state index contributed by atoms with van der Waals surface area (Å²) in [5, 5.41) is 7.91. The van der Waals surface area contributed by atoms with Gasteiger partial charge in [-0.3, -0.25) is 19.2 Å². The molecule has 1 aliphatic carbocycles. The number of nitrogens with zero attached hydrogens (tertiary/aromatic N) is 3. The van der Waals surface area contributed by atoms with Gasteiger partial charge in [-0.05, 0) is 25.0 Å². The number of benzene rings is 1. The van der Waals surface area contributed by atoms with Crippen LogP contribution in [0.4, 0.5) is 0 Å². The van der Waals surface area contributed by atoms with Crippen LogP contribution in [-0.2, 0) is 16.1 Å². The number of ether oxygens (including phenoxy) is 1. The van der Waals surface area contributed by atoms with E-state index in [1.807, 2.05) is 18.2 Å². The van der Waals surface area contributed by atoms with Gasteiger partial charge in [-0.25, -0.2) is 0 Å². The van der Waals surface area contributed by atoms with Crippen LogP contribution >= 0.6 is 0 Å². The highest BCUT2D eigenvalue weighted by Gasteiger charge is 2.38. The van der Waals surface area contributed by atoms with Crippen LogP contribution in [0.15, 0.2) is 35.3 Å². The van der Waals surface area contributed by atoms with Crippen molar-refractivity contribution in [3.05, 3.63) is 40.7 Å². The first kappa shape index (κ1) is 19.1. The first-order valence-electron chi connectivity index (χ1n) is 10.2. The smallest absolute Gasteiger partial charge is 0.241 e. The third-order valence-corrected chi connectivity index (χ3v) is 6.14. The molecule has 1 saturated carbocycles. The minimum Gasteiger partial charge on any atom is -0.379 e. The Labute approximate surface area is 164 Å². The van der Waals surface area contributed by atoms with Gasteiger partial charge >= 0.3 is 0 Å². The van der Waals surface area contributed by atoms with Crippen molar-refractivity contribution >= 4 is 16.8 Å². The van der Waals surface area contributed by atoms with Crippen LogP contribution in [0.3, 0.4) is 0 Å². The van der Waals surface area contributed by atoms with Crippen LogP contribution < -0.4 is 10.7 Å². The fraction of sp³-hybridized carbons (Fsp3) is 0.571. The highest BCUT2D eigenvalue weighted by atomic mass is 16.5. The fourth-order valence-corrected chi connectivity index (χ4v) is 4.59. The number of para-hydroxylation sites is 1. The Hall–Kier alpha value is -2.25. The van der Waals surface area contributed by atoms with Crippen LogP contribution in [0.5, 0.6) is 0 Å². The van der Waals surface area contributed by atoms with Gasteiger partial charge in [-0.2, -0.15) is 5.10 Å². The predicted molar refractivity (Wildman–Crippen MR) is 107 cm³/mol. The van der Waals surface area contributed by atoms with Gasteiger partial charge in [0.05, 0.1) is 24.9 Å². The van der Waals surface area contributed by atoms with Crippen LogP contribution in [0.1, 0.15) is 32.1 Å². The quantitative estimate of drug-likeness (QED) is 0.846.